The molecule has 0 amide bonds. The summed E-state index contributed by atoms with van der Waals surface area (Å²) in [5.41, 5.74) is 9.63. The van der Waals surface area contributed by atoms with Crippen LogP contribution >= 0.6 is 0 Å². The molecule has 94 valence electrons. The lowest BCUT2D eigenvalue weighted by molar-refractivity contribution is 0.661. The predicted molar refractivity (Wildman–Crippen MR) is 72.9 cm³/mol. The van der Waals surface area contributed by atoms with Crippen molar-refractivity contribution >= 4 is 0 Å². The minimum absolute atomic E-state index is 0.175. The number of rotatable bonds is 4. The van der Waals surface area contributed by atoms with Gasteiger partial charge in [-0.25, -0.2) is 4.68 Å². The minimum atomic E-state index is 0.175. The average molecular weight is 241 g/mol. The summed E-state index contributed by atoms with van der Waals surface area (Å²) in [5.74, 6) is 0. The molecule has 0 unspecified atom stereocenters. The quantitative estimate of drug-likeness (QED) is 0.893. The van der Waals surface area contributed by atoms with Gasteiger partial charge in [0.15, 0.2) is 0 Å². The molecule has 2 N–H and O–H groups in total. The van der Waals surface area contributed by atoms with Gasteiger partial charge in [-0.05, 0) is 43.0 Å². The normalized spacial score (nSPS) is 16.8. The van der Waals surface area contributed by atoms with E-state index in [0.29, 0.717) is 6.54 Å². The summed E-state index contributed by atoms with van der Waals surface area (Å²) < 4.78 is 1.95. The molecule has 1 aromatic carbocycles. The molecule has 0 saturated heterocycles. The van der Waals surface area contributed by atoms with E-state index in [0.717, 1.165) is 17.8 Å². The second-order valence-electron chi connectivity index (χ2n) is 5.15. The third-order valence-electron chi connectivity index (χ3n) is 3.99. The number of nitrogens with zero attached hydrogens (tertiary/aromatic N) is 2. The average Bonchev–Trinajstić information content (AvgIpc) is 3.08. The second-order valence-corrected chi connectivity index (χ2v) is 5.15. The fraction of sp³-hybridized carbons (Fsp3) is 0.400. The Balaban J connectivity index is 1.88. The molecule has 1 heterocycles. The Bertz CT molecular complexity index is 535. The largest absolute Gasteiger partial charge is 0.330 e. The van der Waals surface area contributed by atoms with Crippen LogP contribution in [-0.4, -0.2) is 16.3 Å². The summed E-state index contributed by atoms with van der Waals surface area (Å²) in [4.78, 5) is 0. The third-order valence-corrected chi connectivity index (χ3v) is 3.99. The Labute approximate surface area is 108 Å². The Morgan fingerprint density at radius 3 is 2.50 bits per heavy atom. The van der Waals surface area contributed by atoms with Crippen LogP contribution < -0.4 is 5.73 Å². The van der Waals surface area contributed by atoms with Gasteiger partial charge in [0.1, 0.15) is 0 Å². The summed E-state index contributed by atoms with van der Waals surface area (Å²) >= 11 is 0. The maximum atomic E-state index is 5.84. The molecule has 0 aliphatic heterocycles. The molecule has 1 aliphatic rings. The zero-order valence-electron chi connectivity index (χ0n) is 10.8. The van der Waals surface area contributed by atoms with Gasteiger partial charge in [0.05, 0.1) is 11.4 Å². The van der Waals surface area contributed by atoms with Crippen molar-refractivity contribution in [1.29, 1.82) is 0 Å². The zero-order chi connectivity index (χ0) is 12.6. The Morgan fingerprint density at radius 1 is 1.22 bits per heavy atom. The summed E-state index contributed by atoms with van der Waals surface area (Å²) in [7, 11) is 0. The molecule has 0 radical (unpaired) electrons. The molecule has 2 aromatic rings. The molecule has 3 heteroatoms. The first-order valence-electron chi connectivity index (χ1n) is 6.63. The van der Waals surface area contributed by atoms with Gasteiger partial charge in [-0.1, -0.05) is 19.1 Å². The molecule has 1 fully saturated rings. The van der Waals surface area contributed by atoms with E-state index in [9.17, 15) is 0 Å². The highest BCUT2D eigenvalue weighted by Gasteiger charge is 2.44. The van der Waals surface area contributed by atoms with Crippen molar-refractivity contribution in [2.24, 2.45) is 5.73 Å². The summed E-state index contributed by atoms with van der Waals surface area (Å²) in [6.07, 6.45) is 5.46. The highest BCUT2D eigenvalue weighted by atomic mass is 15.3. The molecule has 0 atom stereocenters. The maximum Gasteiger partial charge on any atom is 0.0703 e. The monoisotopic (exact) mass is 241 g/mol. The standard InChI is InChI=1S/C15H19N3/c1-2-12-3-5-13(6-4-12)18-10-7-14(17-18)15(11-16)8-9-15/h3-7,10H,2,8-9,11,16H2,1H3. The maximum absolute atomic E-state index is 5.84. The zero-order valence-corrected chi connectivity index (χ0v) is 10.8. The Kier molecular flexibility index (Phi) is 2.71. The van der Waals surface area contributed by atoms with Crippen LogP contribution in [0.1, 0.15) is 31.0 Å². The smallest absolute Gasteiger partial charge is 0.0703 e. The number of aromatic nitrogens is 2. The van der Waals surface area contributed by atoms with E-state index in [1.54, 1.807) is 0 Å². The van der Waals surface area contributed by atoms with E-state index >= 15 is 0 Å². The lowest BCUT2D eigenvalue weighted by atomic mass is 10.0. The highest BCUT2D eigenvalue weighted by Crippen LogP contribution is 2.46. The van der Waals surface area contributed by atoms with Gasteiger partial charge in [-0.15, -0.1) is 0 Å². The lowest BCUT2D eigenvalue weighted by Crippen LogP contribution is -2.20. The van der Waals surface area contributed by atoms with E-state index < -0.39 is 0 Å². The van der Waals surface area contributed by atoms with Crippen LogP contribution in [0, 0.1) is 0 Å². The molecule has 0 spiro atoms. The van der Waals surface area contributed by atoms with Gasteiger partial charge in [0.25, 0.3) is 0 Å². The van der Waals surface area contributed by atoms with Crippen LogP contribution in [0.2, 0.25) is 0 Å². The molecule has 3 nitrogen and oxygen atoms in total. The van der Waals surface area contributed by atoms with Gasteiger partial charge in [0, 0.05) is 18.2 Å². The van der Waals surface area contributed by atoms with Gasteiger partial charge in [-0.2, -0.15) is 5.10 Å². The van der Waals surface area contributed by atoms with Crippen LogP contribution in [0.25, 0.3) is 5.69 Å². The molecule has 3 rings (SSSR count). The molecule has 1 aliphatic carbocycles. The van der Waals surface area contributed by atoms with Gasteiger partial charge in [-0.3, -0.25) is 0 Å². The molecule has 0 bridgehead atoms. The number of aryl methyl sites for hydroxylation is 1. The third kappa shape index (κ3) is 1.85. The lowest BCUT2D eigenvalue weighted by Gasteiger charge is -2.08. The summed E-state index contributed by atoms with van der Waals surface area (Å²) in [6, 6.07) is 10.7. The van der Waals surface area contributed by atoms with Crippen LogP contribution in [0.4, 0.5) is 0 Å². The van der Waals surface area contributed by atoms with E-state index in [2.05, 4.69) is 42.4 Å². The number of nitrogens with two attached hydrogens (primary N) is 1. The Morgan fingerprint density at radius 2 is 1.94 bits per heavy atom. The molecule has 1 saturated carbocycles. The van der Waals surface area contributed by atoms with Crippen molar-refractivity contribution in [1.82, 2.24) is 9.78 Å². The Hall–Kier alpha value is -1.61. The minimum Gasteiger partial charge on any atom is -0.330 e. The van der Waals surface area contributed by atoms with Gasteiger partial charge in [0.2, 0.25) is 0 Å². The molecule has 18 heavy (non-hydrogen) atoms. The topological polar surface area (TPSA) is 43.8 Å². The SMILES string of the molecule is CCc1ccc(-n2ccc(C3(CN)CC3)n2)cc1. The van der Waals surface area contributed by atoms with Crippen molar-refractivity contribution in [2.75, 3.05) is 6.54 Å². The van der Waals surface area contributed by atoms with Crippen LogP contribution in [0.15, 0.2) is 36.5 Å². The van der Waals surface area contributed by atoms with E-state index in [1.165, 1.54) is 18.4 Å². The van der Waals surface area contributed by atoms with E-state index in [1.807, 2.05) is 10.9 Å². The van der Waals surface area contributed by atoms with E-state index in [4.69, 9.17) is 5.73 Å². The summed E-state index contributed by atoms with van der Waals surface area (Å²) in [6.45, 7) is 2.87. The van der Waals surface area contributed by atoms with Crippen LogP contribution in [0.5, 0.6) is 0 Å². The first-order chi connectivity index (χ1) is 8.77. The van der Waals surface area contributed by atoms with Crippen molar-refractivity contribution in [3.05, 3.63) is 47.8 Å². The van der Waals surface area contributed by atoms with Crippen molar-refractivity contribution in [3.63, 3.8) is 0 Å². The first-order valence-corrected chi connectivity index (χ1v) is 6.63. The fourth-order valence-corrected chi connectivity index (χ4v) is 2.35. The highest BCUT2D eigenvalue weighted by molar-refractivity contribution is 5.35. The number of hydrogen-bond donors (Lipinski definition) is 1. The van der Waals surface area contributed by atoms with Crippen LogP contribution in [0.3, 0.4) is 0 Å². The van der Waals surface area contributed by atoms with E-state index in [-0.39, 0.29) is 5.41 Å². The molecular weight excluding hydrogens is 222 g/mol. The molecule has 1 aromatic heterocycles. The number of hydrogen-bond acceptors (Lipinski definition) is 2. The first kappa shape index (κ1) is 11.5. The van der Waals surface area contributed by atoms with Gasteiger partial charge < -0.3 is 5.73 Å². The van der Waals surface area contributed by atoms with Crippen molar-refractivity contribution in [3.8, 4) is 5.69 Å². The second kappa shape index (κ2) is 4.25. The fourth-order valence-electron chi connectivity index (χ4n) is 2.35. The van der Waals surface area contributed by atoms with Crippen molar-refractivity contribution in [2.45, 2.75) is 31.6 Å². The molecular formula is C15H19N3. The predicted octanol–water partition coefficient (Wildman–Crippen LogP) is 2.43. The van der Waals surface area contributed by atoms with Crippen molar-refractivity contribution < 1.29 is 0 Å². The summed E-state index contributed by atoms with van der Waals surface area (Å²) in [5, 5.41) is 4.68. The van der Waals surface area contributed by atoms with Gasteiger partial charge >= 0.3 is 0 Å². The number of benzene rings is 1. The van der Waals surface area contributed by atoms with Crippen LogP contribution in [-0.2, 0) is 11.8 Å².